The molecule has 3 aromatic heterocycles. The lowest BCUT2D eigenvalue weighted by molar-refractivity contribution is 0.401. The summed E-state index contributed by atoms with van der Waals surface area (Å²) < 4.78 is 12.3. The van der Waals surface area contributed by atoms with E-state index in [4.69, 9.17) is 17.0 Å². The van der Waals surface area contributed by atoms with Gasteiger partial charge in [-0.2, -0.15) is 9.97 Å². The lowest BCUT2D eigenvalue weighted by Crippen LogP contribution is -2.03. The van der Waals surface area contributed by atoms with Crippen LogP contribution in [0, 0.1) is 4.77 Å². The summed E-state index contributed by atoms with van der Waals surface area (Å²) in [5, 5.41) is 3.76. The van der Waals surface area contributed by atoms with Gasteiger partial charge in [0.15, 0.2) is 16.2 Å². The minimum absolute atomic E-state index is 0.467. The maximum atomic E-state index is 5.28. The molecule has 0 aromatic carbocycles. The first-order valence-electron chi connectivity index (χ1n) is 5.52. The molecular formula is C10H10N6O2S. The van der Waals surface area contributed by atoms with Gasteiger partial charge in [0.25, 0.3) is 0 Å². The summed E-state index contributed by atoms with van der Waals surface area (Å²) in [4.78, 5) is 15.3. The molecule has 1 N–H and O–H groups in total. The van der Waals surface area contributed by atoms with Crippen LogP contribution in [0.15, 0.2) is 17.2 Å². The van der Waals surface area contributed by atoms with Crippen molar-refractivity contribution in [1.29, 1.82) is 0 Å². The molecule has 0 amide bonds. The van der Waals surface area contributed by atoms with Gasteiger partial charge >= 0.3 is 0 Å². The number of nitrogens with zero attached hydrogens (tertiary/aromatic N) is 5. The van der Waals surface area contributed by atoms with Gasteiger partial charge in [-0.15, -0.1) is 0 Å². The molecule has 0 fully saturated rings. The van der Waals surface area contributed by atoms with Crippen LogP contribution in [0.2, 0.25) is 0 Å². The fourth-order valence-corrected chi connectivity index (χ4v) is 2.10. The van der Waals surface area contributed by atoms with Gasteiger partial charge in [0.1, 0.15) is 11.8 Å². The smallest absolute Gasteiger partial charge is 0.242 e. The Hall–Kier alpha value is -2.29. The second-order valence-electron chi connectivity index (χ2n) is 3.76. The van der Waals surface area contributed by atoms with E-state index in [2.05, 4.69) is 29.6 Å². The van der Waals surface area contributed by atoms with Crippen LogP contribution in [0.25, 0.3) is 11.2 Å². The summed E-state index contributed by atoms with van der Waals surface area (Å²) in [7, 11) is 1.55. The van der Waals surface area contributed by atoms with E-state index in [1.54, 1.807) is 7.11 Å². The first-order chi connectivity index (χ1) is 9.29. The van der Waals surface area contributed by atoms with Gasteiger partial charge in [-0.3, -0.25) is 0 Å². The van der Waals surface area contributed by atoms with Gasteiger partial charge < -0.3 is 18.8 Å². The van der Waals surface area contributed by atoms with Crippen LogP contribution >= 0.6 is 12.2 Å². The number of aromatic nitrogens is 6. The average molecular weight is 278 g/mol. The van der Waals surface area contributed by atoms with Crippen LogP contribution in [0.5, 0.6) is 5.88 Å². The number of rotatable bonds is 4. The molecule has 9 heteroatoms. The number of methoxy groups -OCH3 is 1. The van der Waals surface area contributed by atoms with Crippen molar-refractivity contribution in [1.82, 2.24) is 29.7 Å². The normalized spacial score (nSPS) is 11.0. The van der Waals surface area contributed by atoms with E-state index in [9.17, 15) is 0 Å². The predicted octanol–water partition coefficient (Wildman–Crippen LogP) is 1.12. The van der Waals surface area contributed by atoms with E-state index < -0.39 is 0 Å². The van der Waals surface area contributed by atoms with Gasteiger partial charge in [-0.1, -0.05) is 5.16 Å². The van der Waals surface area contributed by atoms with Gasteiger partial charge in [0, 0.05) is 13.0 Å². The Bertz CT molecular complexity index is 747. The van der Waals surface area contributed by atoms with Gasteiger partial charge in [0.05, 0.1) is 7.11 Å². The monoisotopic (exact) mass is 278 g/mol. The van der Waals surface area contributed by atoms with Crippen LogP contribution in [0.4, 0.5) is 0 Å². The zero-order valence-electron chi connectivity index (χ0n) is 10.0. The highest BCUT2D eigenvalue weighted by atomic mass is 32.1. The van der Waals surface area contributed by atoms with Gasteiger partial charge in [-0.05, 0) is 12.2 Å². The van der Waals surface area contributed by atoms with E-state index in [0.717, 1.165) is 0 Å². The van der Waals surface area contributed by atoms with Crippen LogP contribution in [-0.4, -0.2) is 36.8 Å². The molecule has 19 heavy (non-hydrogen) atoms. The molecule has 0 unspecified atom stereocenters. The van der Waals surface area contributed by atoms with Crippen molar-refractivity contribution in [2.24, 2.45) is 0 Å². The highest BCUT2D eigenvalue weighted by Crippen LogP contribution is 2.20. The maximum absolute atomic E-state index is 5.28. The van der Waals surface area contributed by atoms with Gasteiger partial charge in [0.2, 0.25) is 12.3 Å². The lowest BCUT2D eigenvalue weighted by Gasteiger charge is -2.02. The molecule has 0 aliphatic rings. The number of fused-ring (bicyclic) bond motifs is 1. The number of hydrogen-bond acceptors (Lipinski definition) is 7. The van der Waals surface area contributed by atoms with Crippen molar-refractivity contribution in [2.45, 2.75) is 13.0 Å². The zero-order valence-corrected chi connectivity index (χ0v) is 10.8. The molecule has 0 aliphatic carbocycles. The SMILES string of the molecule is COc1ncnc2c1[nH]c(=S)n2CCc1ncon1. The molecule has 0 bridgehead atoms. The third kappa shape index (κ3) is 2.08. The first-order valence-corrected chi connectivity index (χ1v) is 5.93. The van der Waals surface area contributed by atoms with E-state index >= 15 is 0 Å². The molecule has 0 radical (unpaired) electrons. The van der Waals surface area contributed by atoms with Crippen LogP contribution < -0.4 is 4.74 Å². The molecule has 8 nitrogen and oxygen atoms in total. The molecular weight excluding hydrogens is 268 g/mol. The number of H-pyrrole nitrogens is 1. The van der Waals surface area contributed by atoms with E-state index in [1.807, 2.05) is 4.57 Å². The quantitative estimate of drug-likeness (QED) is 0.714. The van der Waals surface area contributed by atoms with Crippen molar-refractivity contribution < 1.29 is 9.26 Å². The topological polar surface area (TPSA) is 94.7 Å². The Balaban J connectivity index is 1.99. The molecule has 0 aliphatic heterocycles. The molecule has 3 heterocycles. The Kier molecular flexibility index (Phi) is 2.95. The molecule has 98 valence electrons. The summed E-state index contributed by atoms with van der Waals surface area (Å²) in [5.41, 5.74) is 1.38. The van der Waals surface area contributed by atoms with Crippen molar-refractivity contribution in [3.05, 3.63) is 23.3 Å². The van der Waals surface area contributed by atoms with E-state index in [1.165, 1.54) is 12.7 Å². The number of imidazole rings is 1. The minimum atomic E-state index is 0.467. The number of nitrogens with one attached hydrogen (secondary N) is 1. The zero-order chi connectivity index (χ0) is 13.2. The standard InChI is InChI=1S/C10H10N6O2S/c1-17-9-7-8(11-4-12-9)16(10(19)14-7)3-2-6-13-5-18-15-6/h4-5H,2-3H2,1H3,(H,14,19). The summed E-state index contributed by atoms with van der Waals surface area (Å²) in [5.74, 6) is 1.09. The van der Waals surface area contributed by atoms with Crippen LogP contribution in [-0.2, 0) is 13.0 Å². The molecule has 0 spiro atoms. The largest absolute Gasteiger partial charge is 0.479 e. The highest BCUT2D eigenvalue weighted by Gasteiger charge is 2.11. The second-order valence-corrected chi connectivity index (χ2v) is 4.15. The van der Waals surface area contributed by atoms with Crippen LogP contribution in [0.1, 0.15) is 5.82 Å². The van der Waals surface area contributed by atoms with Crippen molar-refractivity contribution in [2.75, 3.05) is 7.11 Å². The third-order valence-corrected chi connectivity index (χ3v) is 3.01. The Labute approximate surface area is 112 Å². The summed E-state index contributed by atoms with van der Waals surface area (Å²) in [6.07, 6.45) is 3.34. The molecule has 3 rings (SSSR count). The Morgan fingerprint density at radius 3 is 3.05 bits per heavy atom. The van der Waals surface area contributed by atoms with Crippen molar-refractivity contribution in [3.63, 3.8) is 0 Å². The highest BCUT2D eigenvalue weighted by molar-refractivity contribution is 7.71. The lowest BCUT2D eigenvalue weighted by atomic mass is 10.4. The van der Waals surface area contributed by atoms with Crippen molar-refractivity contribution in [3.8, 4) is 5.88 Å². The minimum Gasteiger partial charge on any atom is -0.479 e. The average Bonchev–Trinajstić information content (AvgIpc) is 3.03. The summed E-state index contributed by atoms with van der Waals surface area (Å²) in [6.45, 7) is 0.596. The Morgan fingerprint density at radius 1 is 1.42 bits per heavy atom. The number of ether oxygens (including phenoxy) is 1. The first kappa shape index (κ1) is 11.8. The number of aryl methyl sites for hydroxylation is 2. The summed E-state index contributed by atoms with van der Waals surface area (Å²) >= 11 is 5.28. The van der Waals surface area contributed by atoms with E-state index in [-0.39, 0.29) is 0 Å². The fourth-order valence-electron chi connectivity index (χ4n) is 1.82. The Morgan fingerprint density at radius 2 is 2.32 bits per heavy atom. The molecule has 0 saturated heterocycles. The molecule has 0 saturated carbocycles. The van der Waals surface area contributed by atoms with Crippen LogP contribution in [0.3, 0.4) is 0 Å². The van der Waals surface area contributed by atoms with E-state index in [0.29, 0.717) is 40.6 Å². The predicted molar refractivity (Wildman–Crippen MR) is 67.3 cm³/mol. The number of aromatic amines is 1. The fraction of sp³-hybridized carbons (Fsp3) is 0.300. The van der Waals surface area contributed by atoms with Crippen molar-refractivity contribution >= 4 is 23.4 Å². The molecule has 3 aromatic rings. The van der Waals surface area contributed by atoms with Gasteiger partial charge in [-0.25, -0.2) is 4.98 Å². The second kappa shape index (κ2) is 4.76. The third-order valence-electron chi connectivity index (χ3n) is 2.68. The molecule has 0 atom stereocenters. The maximum Gasteiger partial charge on any atom is 0.242 e. The number of hydrogen-bond donors (Lipinski definition) is 1. The summed E-state index contributed by atoms with van der Waals surface area (Å²) in [6, 6.07) is 0.